The second kappa shape index (κ2) is 8.03. The molecule has 0 saturated carbocycles. The number of likely N-dealkylation sites (N-methyl/N-ethyl adjacent to an activating group) is 1. The highest BCUT2D eigenvalue weighted by Gasteiger charge is 2.00. The van der Waals surface area contributed by atoms with E-state index in [0.29, 0.717) is 12.5 Å². The molecule has 0 aromatic rings. The van der Waals surface area contributed by atoms with Crippen LogP contribution in [0.15, 0.2) is 0 Å². The van der Waals surface area contributed by atoms with Gasteiger partial charge in [0.1, 0.15) is 0 Å². The number of nitrogens with one attached hydrogen (secondary N) is 1. The molecule has 13 heavy (non-hydrogen) atoms. The van der Waals surface area contributed by atoms with Crippen molar-refractivity contribution in [2.75, 3.05) is 26.7 Å². The Kier molecular flexibility index (Phi) is 7.66. The number of hydrogen-bond acceptors (Lipinski definition) is 3. The fourth-order valence-corrected chi connectivity index (χ4v) is 0.931. The van der Waals surface area contributed by atoms with Crippen molar-refractivity contribution in [1.29, 1.82) is 5.26 Å². The van der Waals surface area contributed by atoms with Gasteiger partial charge in [-0.15, -0.1) is 0 Å². The Hall–Kier alpha value is -0.590. The van der Waals surface area contributed by atoms with Crippen molar-refractivity contribution >= 4 is 0 Å². The minimum Gasteiger partial charge on any atom is -0.315 e. The van der Waals surface area contributed by atoms with Crippen molar-refractivity contribution in [2.24, 2.45) is 0 Å². The average molecular weight is 183 g/mol. The van der Waals surface area contributed by atoms with Gasteiger partial charge in [0.05, 0.1) is 6.07 Å². The molecular weight excluding hydrogens is 162 g/mol. The molecule has 0 atom stereocenters. The van der Waals surface area contributed by atoms with Crippen molar-refractivity contribution in [3.8, 4) is 6.07 Å². The van der Waals surface area contributed by atoms with E-state index in [0.717, 1.165) is 26.1 Å². The van der Waals surface area contributed by atoms with Gasteiger partial charge in [-0.1, -0.05) is 0 Å². The number of hydrogen-bond donors (Lipinski definition) is 1. The third-order valence-corrected chi connectivity index (χ3v) is 2.16. The van der Waals surface area contributed by atoms with Gasteiger partial charge in [-0.3, -0.25) is 0 Å². The number of nitrogens with zero attached hydrogens (tertiary/aromatic N) is 2. The first kappa shape index (κ1) is 12.4. The lowest BCUT2D eigenvalue weighted by Gasteiger charge is -2.20. The fraction of sp³-hybridized carbons (Fsp3) is 0.900. The van der Waals surface area contributed by atoms with Gasteiger partial charge in [0, 0.05) is 25.6 Å². The van der Waals surface area contributed by atoms with Crippen LogP contribution in [-0.2, 0) is 0 Å². The molecule has 0 spiro atoms. The van der Waals surface area contributed by atoms with Crippen LogP contribution in [0.1, 0.15) is 26.7 Å². The zero-order chi connectivity index (χ0) is 10.1. The van der Waals surface area contributed by atoms with Crippen molar-refractivity contribution in [1.82, 2.24) is 10.2 Å². The van der Waals surface area contributed by atoms with Crippen LogP contribution in [0.5, 0.6) is 0 Å². The lowest BCUT2D eigenvalue weighted by atomic mass is 10.3. The van der Waals surface area contributed by atoms with E-state index in [1.807, 2.05) is 0 Å². The molecule has 0 heterocycles. The maximum absolute atomic E-state index is 8.30. The summed E-state index contributed by atoms with van der Waals surface area (Å²) in [5.74, 6) is 0. The molecule has 0 rings (SSSR count). The smallest absolute Gasteiger partial charge is 0.0622 e. The molecule has 0 aromatic heterocycles. The molecule has 0 aliphatic rings. The molecule has 0 bridgehead atoms. The third kappa shape index (κ3) is 7.76. The summed E-state index contributed by atoms with van der Waals surface area (Å²) in [6.07, 6.45) is 1.62. The van der Waals surface area contributed by atoms with Crippen LogP contribution < -0.4 is 5.32 Å². The first-order valence-corrected chi connectivity index (χ1v) is 4.96. The summed E-state index contributed by atoms with van der Waals surface area (Å²) in [4.78, 5) is 2.30. The lowest BCUT2D eigenvalue weighted by molar-refractivity contribution is 0.273. The van der Waals surface area contributed by atoms with Crippen molar-refractivity contribution in [2.45, 2.75) is 32.7 Å². The van der Waals surface area contributed by atoms with Gasteiger partial charge in [-0.05, 0) is 33.9 Å². The molecule has 76 valence electrons. The van der Waals surface area contributed by atoms with Gasteiger partial charge in [0.2, 0.25) is 0 Å². The molecule has 0 aliphatic heterocycles. The molecule has 1 N–H and O–H groups in total. The molecule has 0 radical (unpaired) electrons. The third-order valence-electron chi connectivity index (χ3n) is 2.16. The molecule has 3 heteroatoms. The summed E-state index contributed by atoms with van der Waals surface area (Å²) < 4.78 is 0. The summed E-state index contributed by atoms with van der Waals surface area (Å²) in [5, 5.41) is 11.6. The first-order valence-electron chi connectivity index (χ1n) is 4.96. The summed E-state index contributed by atoms with van der Waals surface area (Å²) >= 11 is 0. The van der Waals surface area contributed by atoms with E-state index in [1.54, 1.807) is 0 Å². The standard InChI is InChI=1S/C10H21N3/c1-10(2)13(3)9-8-12-7-5-4-6-11/h10,12H,4-5,7-9H2,1-3H3. The molecular formula is C10H21N3. The zero-order valence-corrected chi connectivity index (χ0v) is 9.01. The quantitative estimate of drug-likeness (QED) is 0.603. The second-order valence-corrected chi connectivity index (χ2v) is 3.59. The number of unbranched alkanes of at least 4 members (excludes halogenated alkanes) is 1. The van der Waals surface area contributed by atoms with E-state index in [4.69, 9.17) is 5.26 Å². The van der Waals surface area contributed by atoms with Gasteiger partial charge in [-0.2, -0.15) is 5.26 Å². The highest BCUT2D eigenvalue weighted by molar-refractivity contribution is 4.69. The summed E-state index contributed by atoms with van der Waals surface area (Å²) in [5.41, 5.74) is 0. The molecule has 0 amide bonds. The maximum Gasteiger partial charge on any atom is 0.0622 e. The summed E-state index contributed by atoms with van der Waals surface area (Å²) in [7, 11) is 2.13. The average Bonchev–Trinajstić information content (AvgIpc) is 2.10. The van der Waals surface area contributed by atoms with E-state index in [-0.39, 0.29) is 0 Å². The van der Waals surface area contributed by atoms with Crippen LogP contribution in [0.4, 0.5) is 0 Å². The molecule has 0 aromatic carbocycles. The Balaban J connectivity index is 3.12. The molecule has 3 nitrogen and oxygen atoms in total. The van der Waals surface area contributed by atoms with Gasteiger partial charge >= 0.3 is 0 Å². The highest BCUT2D eigenvalue weighted by atomic mass is 15.1. The van der Waals surface area contributed by atoms with Crippen molar-refractivity contribution < 1.29 is 0 Å². The maximum atomic E-state index is 8.30. The minimum absolute atomic E-state index is 0.612. The van der Waals surface area contributed by atoms with Crippen molar-refractivity contribution in [3.63, 3.8) is 0 Å². The van der Waals surface area contributed by atoms with E-state index >= 15 is 0 Å². The molecule has 0 saturated heterocycles. The Labute approximate surface area is 81.7 Å². The van der Waals surface area contributed by atoms with Crippen LogP contribution in [0.2, 0.25) is 0 Å². The largest absolute Gasteiger partial charge is 0.315 e. The Bertz CT molecular complexity index is 149. The van der Waals surface area contributed by atoms with Crippen LogP contribution >= 0.6 is 0 Å². The van der Waals surface area contributed by atoms with E-state index in [1.165, 1.54) is 0 Å². The Morgan fingerprint density at radius 1 is 1.38 bits per heavy atom. The van der Waals surface area contributed by atoms with Gasteiger partial charge in [-0.25, -0.2) is 0 Å². The fourth-order valence-electron chi connectivity index (χ4n) is 0.931. The van der Waals surface area contributed by atoms with Crippen LogP contribution in [0.25, 0.3) is 0 Å². The van der Waals surface area contributed by atoms with Gasteiger partial charge in [0.25, 0.3) is 0 Å². The van der Waals surface area contributed by atoms with E-state index in [2.05, 4.69) is 37.2 Å². The second-order valence-electron chi connectivity index (χ2n) is 3.59. The van der Waals surface area contributed by atoms with Crippen LogP contribution in [-0.4, -0.2) is 37.6 Å². The molecule has 0 unspecified atom stereocenters. The van der Waals surface area contributed by atoms with E-state index < -0.39 is 0 Å². The van der Waals surface area contributed by atoms with E-state index in [9.17, 15) is 0 Å². The SMILES string of the molecule is CC(C)N(C)CCNCCCC#N. The Morgan fingerprint density at radius 3 is 2.62 bits per heavy atom. The van der Waals surface area contributed by atoms with Crippen LogP contribution in [0.3, 0.4) is 0 Å². The first-order chi connectivity index (χ1) is 6.18. The number of nitriles is 1. The topological polar surface area (TPSA) is 39.1 Å². The Morgan fingerprint density at radius 2 is 2.08 bits per heavy atom. The lowest BCUT2D eigenvalue weighted by Crippen LogP contribution is -2.34. The monoisotopic (exact) mass is 183 g/mol. The van der Waals surface area contributed by atoms with Crippen LogP contribution in [0, 0.1) is 11.3 Å². The number of rotatable bonds is 7. The normalized spacial score (nSPS) is 10.8. The summed E-state index contributed by atoms with van der Waals surface area (Å²) in [6, 6.07) is 2.75. The molecule has 0 aliphatic carbocycles. The predicted octanol–water partition coefficient (Wildman–Crippen LogP) is 1.22. The van der Waals surface area contributed by atoms with Crippen molar-refractivity contribution in [3.05, 3.63) is 0 Å². The highest BCUT2D eigenvalue weighted by Crippen LogP contribution is 1.90. The zero-order valence-electron chi connectivity index (χ0n) is 9.01. The predicted molar refractivity (Wildman–Crippen MR) is 55.5 cm³/mol. The van der Waals surface area contributed by atoms with Gasteiger partial charge < -0.3 is 10.2 Å². The summed E-state index contributed by atoms with van der Waals surface area (Å²) in [6.45, 7) is 7.43. The van der Waals surface area contributed by atoms with Gasteiger partial charge in [0.15, 0.2) is 0 Å². The molecule has 0 fully saturated rings. The minimum atomic E-state index is 0.612.